The fraction of sp³-hybridized carbons (Fsp3) is 0.133. The van der Waals surface area contributed by atoms with E-state index >= 15 is 0 Å². The Balaban J connectivity index is 2.03. The first-order chi connectivity index (χ1) is 11.7. The van der Waals surface area contributed by atoms with Crippen molar-refractivity contribution in [1.82, 2.24) is 5.43 Å². The second-order valence-corrected chi connectivity index (χ2v) is 6.17. The van der Waals surface area contributed by atoms with Crippen LogP contribution in [0.5, 0.6) is 0 Å². The Labute approximate surface area is 149 Å². The highest BCUT2D eigenvalue weighted by molar-refractivity contribution is 7.11. The number of rotatable bonds is 3. The van der Waals surface area contributed by atoms with Gasteiger partial charge in [0.15, 0.2) is 0 Å². The molecular formula is C15H11ClF3N3O2S. The van der Waals surface area contributed by atoms with Crippen molar-refractivity contribution in [2.75, 3.05) is 5.32 Å². The number of benzene rings is 1. The lowest BCUT2D eigenvalue weighted by molar-refractivity contribution is -0.137. The van der Waals surface area contributed by atoms with E-state index in [0.29, 0.717) is 6.07 Å². The van der Waals surface area contributed by atoms with Crippen molar-refractivity contribution in [1.29, 1.82) is 0 Å². The zero-order valence-electron chi connectivity index (χ0n) is 12.6. The van der Waals surface area contributed by atoms with Crippen molar-refractivity contribution in [3.05, 3.63) is 50.7 Å². The molecule has 5 nitrogen and oxygen atoms in total. The summed E-state index contributed by atoms with van der Waals surface area (Å²) in [7, 11) is 0. The third kappa shape index (κ3) is 5.04. The molecule has 0 bridgehead atoms. The molecule has 2 amide bonds. The highest BCUT2D eigenvalue weighted by Gasteiger charge is 2.31. The lowest BCUT2D eigenvalue weighted by Crippen LogP contribution is -2.32. The Kier molecular flexibility index (Phi) is 5.81. The van der Waals surface area contributed by atoms with Gasteiger partial charge in [-0.25, -0.2) is 5.43 Å². The molecular weight excluding hydrogens is 379 g/mol. The number of nitrogens with one attached hydrogen (secondary N) is 2. The second-order valence-electron chi connectivity index (χ2n) is 4.81. The lowest BCUT2D eigenvalue weighted by atomic mass is 10.2. The minimum atomic E-state index is -4.60. The fourth-order valence-electron chi connectivity index (χ4n) is 1.69. The number of halogens is 4. The molecule has 25 heavy (non-hydrogen) atoms. The summed E-state index contributed by atoms with van der Waals surface area (Å²) in [6, 6.07) is 4.25. The van der Waals surface area contributed by atoms with Gasteiger partial charge in [-0.2, -0.15) is 18.3 Å². The molecule has 0 spiro atoms. The summed E-state index contributed by atoms with van der Waals surface area (Å²) >= 11 is 7.14. The maximum Gasteiger partial charge on any atom is 0.416 e. The first-order valence-electron chi connectivity index (χ1n) is 6.73. The highest BCUT2D eigenvalue weighted by Crippen LogP contribution is 2.33. The van der Waals surface area contributed by atoms with Crippen LogP contribution in [0, 0.1) is 6.92 Å². The zero-order chi connectivity index (χ0) is 18.6. The summed E-state index contributed by atoms with van der Waals surface area (Å²) in [6.07, 6.45) is -3.24. The number of carbonyl (C=O) groups is 2. The number of nitrogens with zero attached hydrogens (tertiary/aromatic N) is 1. The van der Waals surface area contributed by atoms with Crippen LogP contribution < -0.4 is 10.7 Å². The van der Waals surface area contributed by atoms with Crippen LogP contribution in [0.2, 0.25) is 5.02 Å². The Bertz CT molecular complexity index is 834. The highest BCUT2D eigenvalue weighted by atomic mass is 35.5. The molecule has 0 radical (unpaired) electrons. The maximum atomic E-state index is 12.7. The molecule has 132 valence electrons. The van der Waals surface area contributed by atoms with Crippen LogP contribution in [0.15, 0.2) is 34.7 Å². The van der Waals surface area contributed by atoms with Gasteiger partial charge in [0.05, 0.1) is 22.5 Å². The number of alkyl halides is 3. The van der Waals surface area contributed by atoms with Gasteiger partial charge < -0.3 is 5.32 Å². The molecule has 10 heteroatoms. The summed E-state index contributed by atoms with van der Waals surface area (Å²) in [4.78, 5) is 24.2. The van der Waals surface area contributed by atoms with Gasteiger partial charge in [-0.05, 0) is 42.1 Å². The van der Waals surface area contributed by atoms with E-state index < -0.39 is 23.6 Å². The van der Waals surface area contributed by atoms with Gasteiger partial charge >= 0.3 is 18.0 Å². The first kappa shape index (κ1) is 18.9. The minimum absolute atomic E-state index is 0.133. The Morgan fingerprint density at radius 1 is 1.24 bits per heavy atom. The smallest absolute Gasteiger partial charge is 0.316 e. The number of amides is 2. The van der Waals surface area contributed by atoms with E-state index in [-0.39, 0.29) is 10.7 Å². The monoisotopic (exact) mass is 389 g/mol. The van der Waals surface area contributed by atoms with Crippen molar-refractivity contribution in [3.8, 4) is 0 Å². The number of hydrogen-bond acceptors (Lipinski definition) is 4. The standard InChI is InChI=1S/C15H11ClF3N3O2S/c1-8-4-5-25-12(8)7-20-22-14(24)13(23)21-11-6-9(15(17,18)19)2-3-10(11)16/h2-7H,1H3,(H,21,23)(H,22,24)/b20-7+. The summed E-state index contributed by atoms with van der Waals surface area (Å²) in [5.74, 6) is -2.33. The molecule has 0 saturated heterocycles. The van der Waals surface area contributed by atoms with E-state index in [2.05, 4.69) is 5.10 Å². The van der Waals surface area contributed by atoms with E-state index in [1.54, 1.807) is 0 Å². The molecule has 0 aliphatic rings. The molecule has 1 aromatic carbocycles. The molecule has 1 aromatic heterocycles. The predicted octanol–water partition coefficient (Wildman–Crippen LogP) is 3.82. The Morgan fingerprint density at radius 3 is 2.56 bits per heavy atom. The topological polar surface area (TPSA) is 70.6 Å². The van der Waals surface area contributed by atoms with Gasteiger partial charge in [0, 0.05) is 4.88 Å². The molecule has 0 saturated carbocycles. The van der Waals surface area contributed by atoms with Gasteiger partial charge in [-0.15, -0.1) is 11.3 Å². The summed E-state index contributed by atoms with van der Waals surface area (Å²) in [5, 5.41) is 7.35. The normalized spacial score (nSPS) is 11.6. The number of thiophene rings is 1. The average molecular weight is 390 g/mol. The van der Waals surface area contributed by atoms with Crippen molar-refractivity contribution in [2.24, 2.45) is 5.10 Å². The first-order valence-corrected chi connectivity index (χ1v) is 7.99. The van der Waals surface area contributed by atoms with Crippen molar-refractivity contribution in [3.63, 3.8) is 0 Å². The van der Waals surface area contributed by atoms with Crippen LogP contribution in [0.4, 0.5) is 18.9 Å². The SMILES string of the molecule is Cc1ccsc1/C=N/NC(=O)C(=O)Nc1cc(C(F)(F)F)ccc1Cl. The van der Waals surface area contributed by atoms with Gasteiger partial charge in [0.1, 0.15) is 0 Å². The van der Waals surface area contributed by atoms with Crippen LogP contribution in [0.25, 0.3) is 0 Å². The molecule has 0 fully saturated rings. The molecule has 0 aliphatic heterocycles. The predicted molar refractivity (Wildman–Crippen MR) is 89.9 cm³/mol. The van der Waals surface area contributed by atoms with E-state index in [1.165, 1.54) is 17.6 Å². The second kappa shape index (κ2) is 7.66. The summed E-state index contributed by atoms with van der Waals surface area (Å²) in [5.41, 5.74) is 1.61. The third-order valence-electron chi connectivity index (χ3n) is 3.00. The van der Waals surface area contributed by atoms with E-state index in [1.807, 2.05) is 29.1 Å². The van der Waals surface area contributed by atoms with Crippen LogP contribution in [0.3, 0.4) is 0 Å². The number of aryl methyl sites for hydroxylation is 1. The quantitative estimate of drug-likeness (QED) is 0.476. The Morgan fingerprint density at radius 2 is 1.96 bits per heavy atom. The third-order valence-corrected chi connectivity index (χ3v) is 4.28. The van der Waals surface area contributed by atoms with Crippen LogP contribution in [-0.2, 0) is 15.8 Å². The molecule has 0 aliphatic carbocycles. The number of anilines is 1. The summed E-state index contributed by atoms with van der Waals surface area (Å²) < 4.78 is 38.0. The molecule has 0 atom stereocenters. The van der Waals surface area contributed by atoms with Crippen LogP contribution >= 0.6 is 22.9 Å². The molecule has 2 aromatic rings. The van der Waals surface area contributed by atoms with Crippen molar-refractivity contribution in [2.45, 2.75) is 13.1 Å². The van der Waals surface area contributed by atoms with Crippen LogP contribution in [-0.4, -0.2) is 18.0 Å². The van der Waals surface area contributed by atoms with Crippen LogP contribution in [0.1, 0.15) is 16.0 Å². The van der Waals surface area contributed by atoms with Gasteiger partial charge in [0.25, 0.3) is 0 Å². The van der Waals surface area contributed by atoms with E-state index in [9.17, 15) is 22.8 Å². The Hall–Kier alpha value is -2.39. The van der Waals surface area contributed by atoms with Crippen molar-refractivity contribution < 1.29 is 22.8 Å². The fourth-order valence-corrected chi connectivity index (χ4v) is 2.64. The van der Waals surface area contributed by atoms with E-state index in [0.717, 1.165) is 22.6 Å². The van der Waals surface area contributed by atoms with Crippen molar-refractivity contribution >= 4 is 46.7 Å². The maximum absolute atomic E-state index is 12.7. The largest absolute Gasteiger partial charge is 0.416 e. The lowest BCUT2D eigenvalue weighted by Gasteiger charge is -2.11. The molecule has 2 N–H and O–H groups in total. The van der Waals surface area contributed by atoms with Gasteiger partial charge in [0.2, 0.25) is 0 Å². The number of hydrogen-bond donors (Lipinski definition) is 2. The average Bonchev–Trinajstić information content (AvgIpc) is 2.93. The van der Waals surface area contributed by atoms with E-state index in [4.69, 9.17) is 11.6 Å². The number of hydrazone groups is 1. The molecule has 0 unspecified atom stereocenters. The minimum Gasteiger partial charge on any atom is -0.316 e. The summed E-state index contributed by atoms with van der Waals surface area (Å²) in [6.45, 7) is 1.85. The number of carbonyl (C=O) groups excluding carboxylic acids is 2. The van der Waals surface area contributed by atoms with Gasteiger partial charge in [-0.1, -0.05) is 11.6 Å². The zero-order valence-corrected chi connectivity index (χ0v) is 14.2. The molecule has 1 heterocycles. The van der Waals surface area contributed by atoms with Gasteiger partial charge in [-0.3, -0.25) is 9.59 Å². The molecule has 2 rings (SSSR count).